The third kappa shape index (κ3) is 4.68. The smallest absolute Gasteiger partial charge is 0.222 e. The topological polar surface area (TPSA) is 41.4 Å². The van der Waals surface area contributed by atoms with Crippen LogP contribution in [0.2, 0.25) is 5.02 Å². The molecule has 0 bridgehead atoms. The van der Waals surface area contributed by atoms with Gasteiger partial charge in [0, 0.05) is 44.6 Å². The minimum Gasteiger partial charge on any atom is -0.337 e. The number of nitrogens with zero attached hydrogens (tertiary/aromatic N) is 4. The van der Waals surface area contributed by atoms with E-state index in [1.807, 2.05) is 53.8 Å². The van der Waals surface area contributed by atoms with Gasteiger partial charge in [0.2, 0.25) is 5.91 Å². The maximum atomic E-state index is 12.4. The van der Waals surface area contributed by atoms with Gasteiger partial charge in [0.15, 0.2) is 0 Å². The molecule has 31 heavy (non-hydrogen) atoms. The number of rotatable bonds is 7. The third-order valence-corrected chi connectivity index (χ3v) is 6.25. The van der Waals surface area contributed by atoms with Gasteiger partial charge in [-0.25, -0.2) is 4.68 Å². The third-order valence-electron chi connectivity index (χ3n) is 5.93. The summed E-state index contributed by atoms with van der Waals surface area (Å²) in [5, 5.41) is 5.66. The SMILES string of the molecule is CCC(=O)N(CC)Cc1nn(-c2ccccc2Cl)c2c1CN(Cc1ccccc1)CC2. The lowest BCUT2D eigenvalue weighted by molar-refractivity contribution is -0.131. The zero-order chi connectivity index (χ0) is 21.8. The molecule has 3 aromatic rings. The highest BCUT2D eigenvalue weighted by Gasteiger charge is 2.27. The Kier molecular flexibility index (Phi) is 6.73. The van der Waals surface area contributed by atoms with Crippen molar-refractivity contribution in [1.82, 2.24) is 19.6 Å². The minimum absolute atomic E-state index is 0.153. The fraction of sp³-hybridized carbons (Fsp3) is 0.360. The maximum absolute atomic E-state index is 12.4. The first-order chi connectivity index (χ1) is 15.1. The fourth-order valence-electron chi connectivity index (χ4n) is 4.25. The van der Waals surface area contributed by atoms with Crippen molar-refractivity contribution in [2.24, 2.45) is 0 Å². The van der Waals surface area contributed by atoms with E-state index in [9.17, 15) is 4.79 Å². The first-order valence-electron chi connectivity index (χ1n) is 11.0. The second-order valence-electron chi connectivity index (χ2n) is 7.94. The van der Waals surface area contributed by atoms with Crippen LogP contribution in [0.5, 0.6) is 0 Å². The summed E-state index contributed by atoms with van der Waals surface area (Å²) in [7, 11) is 0. The van der Waals surface area contributed by atoms with Crippen LogP contribution in [0.1, 0.15) is 42.8 Å². The number of fused-ring (bicyclic) bond motifs is 1. The molecule has 4 rings (SSSR count). The van der Waals surface area contributed by atoms with Crippen molar-refractivity contribution in [2.75, 3.05) is 13.1 Å². The molecule has 2 aromatic carbocycles. The van der Waals surface area contributed by atoms with E-state index in [0.29, 0.717) is 24.5 Å². The van der Waals surface area contributed by atoms with Gasteiger partial charge in [-0.15, -0.1) is 0 Å². The van der Waals surface area contributed by atoms with Crippen LogP contribution in [0.3, 0.4) is 0 Å². The first-order valence-corrected chi connectivity index (χ1v) is 11.4. The fourth-order valence-corrected chi connectivity index (χ4v) is 4.46. The summed E-state index contributed by atoms with van der Waals surface area (Å²) in [6, 6.07) is 18.4. The molecule has 0 atom stereocenters. The molecule has 1 aliphatic heterocycles. The van der Waals surface area contributed by atoms with E-state index in [-0.39, 0.29) is 5.91 Å². The predicted molar refractivity (Wildman–Crippen MR) is 124 cm³/mol. The molecule has 1 aromatic heterocycles. The molecule has 0 aliphatic carbocycles. The number of benzene rings is 2. The summed E-state index contributed by atoms with van der Waals surface area (Å²) in [5.41, 5.74) is 5.60. The number of amides is 1. The van der Waals surface area contributed by atoms with E-state index in [2.05, 4.69) is 29.2 Å². The molecule has 1 aliphatic rings. The highest BCUT2D eigenvalue weighted by atomic mass is 35.5. The standard InChI is InChI=1S/C25H29ClN4O/c1-3-25(31)29(4-2)18-22-20-17-28(16-19-10-6-5-7-11-19)15-14-23(20)30(27-22)24-13-9-8-12-21(24)26/h5-13H,3-4,14-18H2,1-2H3. The van der Waals surface area contributed by atoms with Crippen molar-refractivity contribution in [3.8, 4) is 5.69 Å². The van der Waals surface area contributed by atoms with Crippen molar-refractivity contribution in [1.29, 1.82) is 0 Å². The molecule has 0 fully saturated rings. The Morgan fingerprint density at radius 3 is 2.55 bits per heavy atom. The lowest BCUT2D eigenvalue weighted by atomic mass is 10.0. The van der Waals surface area contributed by atoms with Crippen LogP contribution >= 0.6 is 11.6 Å². The van der Waals surface area contributed by atoms with Crippen molar-refractivity contribution in [3.63, 3.8) is 0 Å². The highest BCUT2D eigenvalue weighted by molar-refractivity contribution is 6.32. The molecule has 0 unspecified atom stereocenters. The van der Waals surface area contributed by atoms with Gasteiger partial charge in [-0.05, 0) is 24.6 Å². The number of para-hydroxylation sites is 1. The number of aromatic nitrogens is 2. The van der Waals surface area contributed by atoms with E-state index in [0.717, 1.165) is 37.4 Å². The second kappa shape index (κ2) is 9.67. The summed E-state index contributed by atoms with van der Waals surface area (Å²) in [6.07, 6.45) is 1.40. The summed E-state index contributed by atoms with van der Waals surface area (Å²) in [6.45, 7) is 7.82. The van der Waals surface area contributed by atoms with Gasteiger partial charge in [-0.2, -0.15) is 5.10 Å². The van der Waals surface area contributed by atoms with Gasteiger partial charge in [0.05, 0.1) is 28.6 Å². The quantitative estimate of drug-likeness (QED) is 0.532. The Hall–Kier alpha value is -2.63. The summed E-state index contributed by atoms with van der Waals surface area (Å²) in [5.74, 6) is 0.153. The van der Waals surface area contributed by atoms with E-state index in [1.54, 1.807) is 0 Å². The molecule has 2 heterocycles. The van der Waals surface area contributed by atoms with E-state index < -0.39 is 0 Å². The average molecular weight is 437 g/mol. The summed E-state index contributed by atoms with van der Waals surface area (Å²) in [4.78, 5) is 16.8. The van der Waals surface area contributed by atoms with E-state index in [4.69, 9.17) is 16.7 Å². The molecular formula is C25H29ClN4O. The molecule has 0 spiro atoms. The van der Waals surface area contributed by atoms with Crippen LogP contribution in [0.25, 0.3) is 5.69 Å². The van der Waals surface area contributed by atoms with Crippen LogP contribution in [-0.4, -0.2) is 38.6 Å². The Balaban J connectivity index is 1.69. The van der Waals surface area contributed by atoms with Crippen molar-refractivity contribution in [2.45, 2.75) is 46.3 Å². The molecule has 6 heteroatoms. The zero-order valence-electron chi connectivity index (χ0n) is 18.2. The van der Waals surface area contributed by atoms with Gasteiger partial charge < -0.3 is 4.90 Å². The van der Waals surface area contributed by atoms with Crippen LogP contribution in [0.4, 0.5) is 0 Å². The molecule has 0 radical (unpaired) electrons. The number of carbonyl (C=O) groups excluding carboxylic acids is 1. The molecule has 1 amide bonds. The van der Waals surface area contributed by atoms with Crippen LogP contribution in [-0.2, 0) is 30.8 Å². The number of halogens is 1. The highest BCUT2D eigenvalue weighted by Crippen LogP contribution is 2.29. The first kappa shape index (κ1) is 21.6. The second-order valence-corrected chi connectivity index (χ2v) is 8.35. The van der Waals surface area contributed by atoms with Crippen molar-refractivity contribution < 1.29 is 4.79 Å². The molecular weight excluding hydrogens is 408 g/mol. The number of carbonyl (C=O) groups is 1. The van der Waals surface area contributed by atoms with E-state index >= 15 is 0 Å². The summed E-state index contributed by atoms with van der Waals surface area (Å²) >= 11 is 6.52. The van der Waals surface area contributed by atoms with Crippen LogP contribution in [0, 0.1) is 0 Å². The van der Waals surface area contributed by atoms with Gasteiger partial charge in [-0.3, -0.25) is 9.69 Å². The molecule has 0 saturated heterocycles. The summed E-state index contributed by atoms with van der Waals surface area (Å²) < 4.78 is 2.00. The molecule has 0 N–H and O–H groups in total. The number of hydrogen-bond donors (Lipinski definition) is 0. The lowest BCUT2D eigenvalue weighted by Crippen LogP contribution is -2.33. The maximum Gasteiger partial charge on any atom is 0.222 e. The molecule has 162 valence electrons. The molecule has 5 nitrogen and oxygen atoms in total. The Labute approximate surface area is 189 Å². The zero-order valence-corrected chi connectivity index (χ0v) is 19.0. The normalized spacial score (nSPS) is 13.8. The predicted octanol–water partition coefficient (Wildman–Crippen LogP) is 4.84. The van der Waals surface area contributed by atoms with Gasteiger partial charge in [0.1, 0.15) is 0 Å². The van der Waals surface area contributed by atoms with Crippen LogP contribution < -0.4 is 0 Å². The monoisotopic (exact) mass is 436 g/mol. The van der Waals surface area contributed by atoms with Gasteiger partial charge >= 0.3 is 0 Å². The van der Waals surface area contributed by atoms with E-state index in [1.165, 1.54) is 16.8 Å². The largest absolute Gasteiger partial charge is 0.337 e. The van der Waals surface area contributed by atoms with Gasteiger partial charge in [-0.1, -0.05) is 61.0 Å². The Morgan fingerprint density at radius 2 is 1.84 bits per heavy atom. The Morgan fingerprint density at radius 1 is 1.10 bits per heavy atom. The Bertz CT molecular complexity index is 1050. The molecule has 0 saturated carbocycles. The van der Waals surface area contributed by atoms with Crippen molar-refractivity contribution >= 4 is 17.5 Å². The lowest BCUT2D eigenvalue weighted by Gasteiger charge is -2.28. The average Bonchev–Trinajstić information content (AvgIpc) is 3.15. The van der Waals surface area contributed by atoms with Crippen molar-refractivity contribution in [3.05, 3.63) is 82.1 Å². The van der Waals surface area contributed by atoms with Gasteiger partial charge in [0.25, 0.3) is 0 Å². The number of hydrogen-bond acceptors (Lipinski definition) is 3. The minimum atomic E-state index is 0.153. The van der Waals surface area contributed by atoms with Crippen LogP contribution in [0.15, 0.2) is 54.6 Å².